The molecule has 0 atom stereocenters. The Morgan fingerprint density at radius 1 is 0.600 bits per heavy atom. The van der Waals surface area contributed by atoms with E-state index in [0.717, 1.165) is 29.6 Å². The Bertz CT molecular complexity index is 1280. The molecule has 0 radical (unpaired) electrons. The second-order valence-electron chi connectivity index (χ2n) is 7.99. The average molecular weight is 688 g/mol. The van der Waals surface area contributed by atoms with Crippen LogP contribution in [0, 0.1) is 21.0 Å². The topological polar surface area (TPSA) is 67.4 Å². The van der Waals surface area contributed by atoms with E-state index in [0.29, 0.717) is 22.6 Å². The molecule has 5 nitrogen and oxygen atoms in total. The van der Waals surface area contributed by atoms with Gasteiger partial charge in [-0.15, -0.1) is 0 Å². The van der Waals surface area contributed by atoms with Crippen molar-refractivity contribution in [2.75, 3.05) is 10.6 Å². The number of carbonyl (C=O) groups is 2. The molecule has 4 aromatic carbocycles. The number of ether oxygens (including phenoxy) is 1. The number of aryl methyl sites for hydroxylation is 2. The summed E-state index contributed by atoms with van der Waals surface area (Å²) >= 11 is 4.53. The molecule has 0 aliphatic heterocycles. The lowest BCUT2D eigenvalue weighted by atomic mass is 10.1. The van der Waals surface area contributed by atoms with Crippen molar-refractivity contribution in [1.82, 2.24) is 0 Å². The van der Waals surface area contributed by atoms with E-state index < -0.39 is 0 Å². The van der Waals surface area contributed by atoms with Crippen LogP contribution in [0.3, 0.4) is 0 Å². The quantitative estimate of drug-likeness (QED) is 0.203. The van der Waals surface area contributed by atoms with Crippen LogP contribution in [0.25, 0.3) is 0 Å². The minimum Gasteiger partial charge on any atom is -0.457 e. The number of amides is 2. The minimum absolute atomic E-state index is 0.184. The predicted octanol–water partition coefficient (Wildman–Crippen LogP) is 7.81. The fourth-order valence-electron chi connectivity index (χ4n) is 3.34. The van der Waals surface area contributed by atoms with Crippen LogP contribution in [0.2, 0.25) is 0 Å². The van der Waals surface area contributed by atoms with Crippen molar-refractivity contribution in [3.63, 3.8) is 0 Å². The van der Waals surface area contributed by atoms with Crippen LogP contribution < -0.4 is 15.4 Å². The van der Waals surface area contributed by atoms with E-state index in [4.69, 9.17) is 4.74 Å². The van der Waals surface area contributed by atoms with Crippen molar-refractivity contribution in [2.45, 2.75) is 13.8 Å². The van der Waals surface area contributed by atoms with Crippen molar-refractivity contribution in [2.24, 2.45) is 0 Å². The van der Waals surface area contributed by atoms with Gasteiger partial charge in [-0.25, -0.2) is 0 Å². The largest absolute Gasteiger partial charge is 0.457 e. The number of hydrogen-bond donors (Lipinski definition) is 2. The molecular weight excluding hydrogens is 666 g/mol. The monoisotopic (exact) mass is 688 g/mol. The van der Waals surface area contributed by atoms with Gasteiger partial charge in [0, 0.05) is 29.6 Å². The molecule has 0 aromatic heterocycles. The maximum atomic E-state index is 12.6. The molecule has 0 heterocycles. The van der Waals surface area contributed by atoms with Gasteiger partial charge in [0.25, 0.3) is 11.8 Å². The van der Waals surface area contributed by atoms with Gasteiger partial charge in [0.05, 0.1) is 0 Å². The van der Waals surface area contributed by atoms with Crippen LogP contribution in [0.5, 0.6) is 11.5 Å². The molecule has 35 heavy (non-hydrogen) atoms. The van der Waals surface area contributed by atoms with Crippen LogP contribution in [0.15, 0.2) is 84.9 Å². The van der Waals surface area contributed by atoms with Gasteiger partial charge in [-0.2, -0.15) is 0 Å². The van der Waals surface area contributed by atoms with Crippen molar-refractivity contribution in [3.8, 4) is 11.5 Å². The Labute approximate surface area is 231 Å². The zero-order valence-electron chi connectivity index (χ0n) is 19.1. The molecule has 176 valence electrons. The van der Waals surface area contributed by atoms with Crippen LogP contribution in [-0.4, -0.2) is 11.8 Å². The zero-order valence-corrected chi connectivity index (χ0v) is 23.4. The summed E-state index contributed by atoms with van der Waals surface area (Å²) in [5.74, 6) is 0.822. The van der Waals surface area contributed by atoms with Crippen molar-refractivity contribution >= 4 is 68.4 Å². The van der Waals surface area contributed by atoms with E-state index in [1.54, 1.807) is 48.5 Å². The molecule has 0 fully saturated rings. The molecule has 0 saturated heterocycles. The number of halogens is 2. The second-order valence-corrected chi connectivity index (χ2v) is 10.3. The van der Waals surface area contributed by atoms with Crippen LogP contribution >= 0.6 is 45.2 Å². The highest BCUT2D eigenvalue weighted by molar-refractivity contribution is 14.1. The van der Waals surface area contributed by atoms with E-state index in [9.17, 15) is 9.59 Å². The Balaban J connectivity index is 1.36. The highest BCUT2D eigenvalue weighted by atomic mass is 127. The van der Waals surface area contributed by atoms with Gasteiger partial charge in [0.15, 0.2) is 0 Å². The lowest BCUT2D eigenvalue weighted by Gasteiger charge is -2.10. The summed E-state index contributed by atoms with van der Waals surface area (Å²) in [6.07, 6.45) is 0. The highest BCUT2D eigenvalue weighted by Crippen LogP contribution is 2.24. The molecule has 2 N–H and O–H groups in total. The molecule has 0 aliphatic rings. The third kappa shape index (κ3) is 6.61. The number of benzene rings is 4. The first-order valence-electron chi connectivity index (χ1n) is 10.8. The highest BCUT2D eigenvalue weighted by Gasteiger charge is 2.10. The van der Waals surface area contributed by atoms with Gasteiger partial charge in [-0.3, -0.25) is 9.59 Å². The normalized spacial score (nSPS) is 10.5. The van der Waals surface area contributed by atoms with Gasteiger partial charge in [-0.05, 0) is 155 Å². The molecule has 0 saturated carbocycles. The molecule has 7 heteroatoms. The zero-order chi connectivity index (χ0) is 24.9. The van der Waals surface area contributed by atoms with Crippen LogP contribution in [0.4, 0.5) is 11.4 Å². The summed E-state index contributed by atoms with van der Waals surface area (Å²) in [6.45, 7) is 4.01. The number of carbonyl (C=O) groups excluding carboxylic acids is 2. The van der Waals surface area contributed by atoms with E-state index in [2.05, 4.69) is 55.8 Å². The summed E-state index contributed by atoms with van der Waals surface area (Å²) in [5, 5.41) is 5.83. The lowest BCUT2D eigenvalue weighted by molar-refractivity contribution is 0.101. The number of rotatable bonds is 6. The average Bonchev–Trinajstić information content (AvgIpc) is 2.84. The maximum Gasteiger partial charge on any atom is 0.255 e. The second kappa shape index (κ2) is 11.2. The van der Waals surface area contributed by atoms with Crippen LogP contribution in [-0.2, 0) is 0 Å². The van der Waals surface area contributed by atoms with Crippen molar-refractivity contribution in [3.05, 3.63) is 114 Å². The van der Waals surface area contributed by atoms with Gasteiger partial charge in [-0.1, -0.05) is 0 Å². The van der Waals surface area contributed by atoms with Crippen molar-refractivity contribution < 1.29 is 14.3 Å². The first-order valence-corrected chi connectivity index (χ1v) is 13.0. The molecule has 2 amide bonds. The number of nitrogens with one attached hydrogen (secondary N) is 2. The molecule has 0 aliphatic carbocycles. The number of hydrogen-bond acceptors (Lipinski definition) is 3. The predicted molar refractivity (Wildman–Crippen MR) is 157 cm³/mol. The summed E-state index contributed by atoms with van der Waals surface area (Å²) in [4.78, 5) is 25.1. The van der Waals surface area contributed by atoms with E-state index in [1.165, 1.54) is 0 Å². The fourth-order valence-corrected chi connectivity index (χ4v) is 4.01. The smallest absolute Gasteiger partial charge is 0.255 e. The van der Waals surface area contributed by atoms with Gasteiger partial charge in [0.2, 0.25) is 0 Å². The molecule has 0 spiro atoms. The van der Waals surface area contributed by atoms with E-state index in [-0.39, 0.29) is 11.8 Å². The summed E-state index contributed by atoms with van der Waals surface area (Å²) in [6, 6.07) is 25.5. The molecule has 0 unspecified atom stereocenters. The van der Waals surface area contributed by atoms with E-state index >= 15 is 0 Å². The minimum atomic E-state index is -0.184. The van der Waals surface area contributed by atoms with E-state index in [1.807, 2.05) is 50.2 Å². The standard InChI is InChI=1S/C28H22I2N2O3/c1-17-15-21(7-13-25(17)29)31-27(33)19-3-9-23(10-4-19)35-24-11-5-20(6-12-24)28(34)32-22-8-14-26(30)18(2)16-22/h3-16H,1-2H3,(H,31,33)(H,32,34). The molecule has 4 rings (SSSR count). The molecule has 4 aromatic rings. The van der Waals surface area contributed by atoms with Gasteiger partial charge in [0.1, 0.15) is 11.5 Å². The Morgan fingerprint density at radius 3 is 1.31 bits per heavy atom. The summed E-state index contributed by atoms with van der Waals surface area (Å²) < 4.78 is 8.18. The Kier molecular flexibility index (Phi) is 8.07. The number of anilines is 2. The first-order chi connectivity index (χ1) is 16.8. The summed E-state index contributed by atoms with van der Waals surface area (Å²) in [7, 11) is 0. The Hall–Kier alpha value is -2.92. The third-order valence-corrected chi connectivity index (χ3v) is 7.72. The molecule has 0 bridgehead atoms. The Morgan fingerprint density at radius 2 is 0.971 bits per heavy atom. The molecular formula is C28H22I2N2O3. The lowest BCUT2D eigenvalue weighted by Crippen LogP contribution is -2.12. The fraction of sp³-hybridized carbons (Fsp3) is 0.0714. The third-order valence-electron chi connectivity index (χ3n) is 5.30. The summed E-state index contributed by atoms with van der Waals surface area (Å²) in [5.41, 5.74) is 4.81. The SMILES string of the molecule is Cc1cc(NC(=O)c2ccc(Oc3ccc(C(=O)Nc4ccc(I)c(C)c4)cc3)cc2)ccc1I. The van der Waals surface area contributed by atoms with Crippen LogP contribution in [0.1, 0.15) is 31.8 Å². The van der Waals surface area contributed by atoms with Crippen molar-refractivity contribution in [1.29, 1.82) is 0 Å². The van der Waals surface area contributed by atoms with Gasteiger partial charge < -0.3 is 15.4 Å². The van der Waals surface area contributed by atoms with Gasteiger partial charge >= 0.3 is 0 Å². The first kappa shape index (κ1) is 25.2. The maximum absolute atomic E-state index is 12.6.